The molecule has 5 heteroatoms. The van der Waals surface area contributed by atoms with Gasteiger partial charge in [-0.3, -0.25) is 9.89 Å². The molecule has 0 saturated carbocycles. The third kappa shape index (κ3) is 2.98. The van der Waals surface area contributed by atoms with E-state index in [1.807, 2.05) is 31.2 Å². The molecule has 1 aromatic heterocycles. The molecule has 0 spiro atoms. The summed E-state index contributed by atoms with van der Waals surface area (Å²) in [5.74, 6) is -0.112. The number of aromatic nitrogens is 2. The van der Waals surface area contributed by atoms with Crippen molar-refractivity contribution in [3.8, 4) is 0 Å². The van der Waals surface area contributed by atoms with E-state index in [1.54, 1.807) is 6.20 Å². The SMILES string of the molecule is CCC(NC(=O)c1cn[nH]c1)c1ccc(Br)cc1. The van der Waals surface area contributed by atoms with Crippen LogP contribution in [0.1, 0.15) is 35.3 Å². The lowest BCUT2D eigenvalue weighted by Gasteiger charge is -2.17. The highest BCUT2D eigenvalue weighted by molar-refractivity contribution is 9.10. The third-order valence-electron chi connectivity index (χ3n) is 2.75. The minimum Gasteiger partial charge on any atom is -0.345 e. The van der Waals surface area contributed by atoms with Crippen molar-refractivity contribution in [2.75, 3.05) is 0 Å². The fourth-order valence-electron chi connectivity index (χ4n) is 1.73. The van der Waals surface area contributed by atoms with Crippen LogP contribution in [0.2, 0.25) is 0 Å². The van der Waals surface area contributed by atoms with Gasteiger partial charge in [-0.2, -0.15) is 5.10 Å². The van der Waals surface area contributed by atoms with Crippen molar-refractivity contribution in [2.45, 2.75) is 19.4 Å². The quantitative estimate of drug-likeness (QED) is 0.912. The third-order valence-corrected chi connectivity index (χ3v) is 3.28. The molecular formula is C13H14BrN3O. The van der Waals surface area contributed by atoms with Crippen LogP contribution in [0.3, 0.4) is 0 Å². The lowest BCUT2D eigenvalue weighted by Crippen LogP contribution is -2.27. The summed E-state index contributed by atoms with van der Waals surface area (Å²) in [5.41, 5.74) is 1.64. The van der Waals surface area contributed by atoms with E-state index >= 15 is 0 Å². The molecule has 0 aliphatic carbocycles. The fraction of sp³-hybridized carbons (Fsp3) is 0.231. The van der Waals surface area contributed by atoms with E-state index in [2.05, 4.69) is 31.4 Å². The lowest BCUT2D eigenvalue weighted by atomic mass is 10.0. The molecule has 18 heavy (non-hydrogen) atoms. The number of nitrogens with one attached hydrogen (secondary N) is 2. The van der Waals surface area contributed by atoms with E-state index < -0.39 is 0 Å². The van der Waals surface area contributed by atoms with Crippen molar-refractivity contribution in [2.24, 2.45) is 0 Å². The number of hydrogen-bond donors (Lipinski definition) is 2. The molecule has 1 heterocycles. The zero-order valence-corrected chi connectivity index (χ0v) is 11.6. The summed E-state index contributed by atoms with van der Waals surface area (Å²) in [5, 5.41) is 9.39. The topological polar surface area (TPSA) is 57.8 Å². The molecule has 0 fully saturated rings. The summed E-state index contributed by atoms with van der Waals surface area (Å²) >= 11 is 3.40. The zero-order chi connectivity index (χ0) is 13.0. The highest BCUT2D eigenvalue weighted by Crippen LogP contribution is 2.19. The van der Waals surface area contributed by atoms with Crippen molar-refractivity contribution in [3.05, 3.63) is 52.3 Å². The molecule has 0 radical (unpaired) electrons. The van der Waals surface area contributed by atoms with Crippen LogP contribution in [0, 0.1) is 0 Å². The van der Waals surface area contributed by atoms with Gasteiger partial charge in [0.05, 0.1) is 17.8 Å². The largest absolute Gasteiger partial charge is 0.345 e. The van der Waals surface area contributed by atoms with Crippen LogP contribution in [-0.4, -0.2) is 16.1 Å². The first-order valence-electron chi connectivity index (χ1n) is 5.76. The highest BCUT2D eigenvalue weighted by Gasteiger charge is 2.14. The van der Waals surface area contributed by atoms with Crippen LogP contribution in [0.15, 0.2) is 41.1 Å². The molecular weight excluding hydrogens is 294 g/mol. The molecule has 1 amide bonds. The average Bonchev–Trinajstić information content (AvgIpc) is 2.91. The van der Waals surface area contributed by atoms with E-state index in [-0.39, 0.29) is 11.9 Å². The van der Waals surface area contributed by atoms with Crippen molar-refractivity contribution >= 4 is 21.8 Å². The van der Waals surface area contributed by atoms with Gasteiger partial charge in [0.25, 0.3) is 5.91 Å². The Bertz CT molecular complexity index is 508. The van der Waals surface area contributed by atoms with Gasteiger partial charge in [0.15, 0.2) is 0 Å². The van der Waals surface area contributed by atoms with Gasteiger partial charge in [0.2, 0.25) is 0 Å². The minimum atomic E-state index is -0.112. The fourth-order valence-corrected chi connectivity index (χ4v) is 2.00. The first-order valence-corrected chi connectivity index (χ1v) is 6.55. The first-order chi connectivity index (χ1) is 8.70. The van der Waals surface area contributed by atoms with Crippen LogP contribution in [0.5, 0.6) is 0 Å². The molecule has 0 saturated heterocycles. The maximum atomic E-state index is 11.9. The Hall–Kier alpha value is -1.62. The van der Waals surface area contributed by atoms with Gasteiger partial charge in [0.1, 0.15) is 0 Å². The first kappa shape index (κ1) is 12.8. The molecule has 2 N–H and O–H groups in total. The summed E-state index contributed by atoms with van der Waals surface area (Å²) in [4.78, 5) is 11.9. The van der Waals surface area contributed by atoms with Crippen LogP contribution in [-0.2, 0) is 0 Å². The van der Waals surface area contributed by atoms with Crippen molar-refractivity contribution in [1.82, 2.24) is 15.5 Å². The van der Waals surface area contributed by atoms with Gasteiger partial charge in [-0.25, -0.2) is 0 Å². The molecule has 0 aliphatic rings. The predicted molar refractivity (Wildman–Crippen MR) is 73.2 cm³/mol. The van der Waals surface area contributed by atoms with Crippen LogP contribution >= 0.6 is 15.9 Å². The van der Waals surface area contributed by atoms with Crippen LogP contribution in [0.25, 0.3) is 0 Å². The molecule has 0 aliphatic heterocycles. The molecule has 94 valence electrons. The molecule has 0 bridgehead atoms. The summed E-state index contributed by atoms with van der Waals surface area (Å²) in [7, 11) is 0. The smallest absolute Gasteiger partial charge is 0.254 e. The molecule has 1 aromatic carbocycles. The summed E-state index contributed by atoms with van der Waals surface area (Å²) in [6.45, 7) is 2.04. The number of carbonyl (C=O) groups is 1. The van der Waals surface area contributed by atoms with Crippen molar-refractivity contribution in [3.63, 3.8) is 0 Å². The van der Waals surface area contributed by atoms with Crippen molar-refractivity contribution < 1.29 is 4.79 Å². The van der Waals surface area contributed by atoms with E-state index in [0.29, 0.717) is 5.56 Å². The standard InChI is InChI=1S/C13H14BrN3O/c1-2-12(9-3-5-11(14)6-4-9)17-13(18)10-7-15-16-8-10/h3-8,12H,2H2,1H3,(H,15,16)(H,17,18). The second-order valence-electron chi connectivity index (χ2n) is 3.97. The van der Waals surface area contributed by atoms with Gasteiger partial charge < -0.3 is 5.32 Å². The monoisotopic (exact) mass is 307 g/mol. The number of carbonyl (C=O) groups excluding carboxylic acids is 1. The van der Waals surface area contributed by atoms with Gasteiger partial charge in [-0.15, -0.1) is 0 Å². The second-order valence-corrected chi connectivity index (χ2v) is 4.89. The number of amides is 1. The maximum Gasteiger partial charge on any atom is 0.254 e. The van der Waals surface area contributed by atoms with Crippen LogP contribution < -0.4 is 5.32 Å². The van der Waals surface area contributed by atoms with Crippen LogP contribution in [0.4, 0.5) is 0 Å². The number of rotatable bonds is 4. The molecule has 4 nitrogen and oxygen atoms in total. The van der Waals surface area contributed by atoms with Gasteiger partial charge in [-0.05, 0) is 24.1 Å². The maximum absolute atomic E-state index is 11.9. The number of hydrogen-bond acceptors (Lipinski definition) is 2. The molecule has 2 aromatic rings. The number of aromatic amines is 1. The highest BCUT2D eigenvalue weighted by atomic mass is 79.9. The Balaban J connectivity index is 2.10. The van der Waals surface area contributed by atoms with E-state index in [9.17, 15) is 4.79 Å². The molecule has 1 atom stereocenters. The van der Waals surface area contributed by atoms with Gasteiger partial charge >= 0.3 is 0 Å². The van der Waals surface area contributed by atoms with E-state index in [0.717, 1.165) is 16.5 Å². The Morgan fingerprint density at radius 1 is 1.44 bits per heavy atom. The lowest BCUT2D eigenvalue weighted by molar-refractivity contribution is 0.0935. The summed E-state index contributed by atoms with van der Waals surface area (Å²) in [6, 6.07) is 7.98. The summed E-state index contributed by atoms with van der Waals surface area (Å²) in [6.07, 6.45) is 3.94. The Kier molecular flexibility index (Phi) is 4.15. The number of nitrogens with zero attached hydrogens (tertiary/aromatic N) is 1. The van der Waals surface area contributed by atoms with E-state index in [1.165, 1.54) is 6.20 Å². The molecule has 2 rings (SSSR count). The number of halogens is 1. The predicted octanol–water partition coefficient (Wildman–Crippen LogP) is 3.05. The minimum absolute atomic E-state index is 0.0144. The summed E-state index contributed by atoms with van der Waals surface area (Å²) < 4.78 is 1.03. The van der Waals surface area contributed by atoms with Gasteiger partial charge in [0, 0.05) is 10.7 Å². The zero-order valence-electron chi connectivity index (χ0n) is 9.98. The Morgan fingerprint density at radius 3 is 2.72 bits per heavy atom. The van der Waals surface area contributed by atoms with Gasteiger partial charge in [-0.1, -0.05) is 35.0 Å². The Morgan fingerprint density at radius 2 is 2.17 bits per heavy atom. The molecule has 1 unspecified atom stereocenters. The van der Waals surface area contributed by atoms with Crippen molar-refractivity contribution in [1.29, 1.82) is 0 Å². The number of benzene rings is 1. The Labute approximate surface area is 114 Å². The average molecular weight is 308 g/mol. The van der Waals surface area contributed by atoms with E-state index in [4.69, 9.17) is 0 Å². The second kappa shape index (κ2) is 5.82. The number of H-pyrrole nitrogens is 1. The normalized spacial score (nSPS) is 12.1.